The molecule has 1 unspecified atom stereocenters. The Morgan fingerprint density at radius 3 is 1.93 bits per heavy atom. The zero-order valence-corrected chi connectivity index (χ0v) is 25.9. The van der Waals surface area contributed by atoms with Gasteiger partial charge in [-0.25, -0.2) is 0 Å². The van der Waals surface area contributed by atoms with Gasteiger partial charge >= 0.3 is 0 Å². The van der Waals surface area contributed by atoms with Crippen LogP contribution in [0.1, 0.15) is 37.9 Å². The summed E-state index contributed by atoms with van der Waals surface area (Å²) in [4.78, 5) is 2.59. The van der Waals surface area contributed by atoms with E-state index in [1.807, 2.05) is 0 Å². The van der Waals surface area contributed by atoms with Crippen molar-refractivity contribution in [3.05, 3.63) is 163 Å². The van der Waals surface area contributed by atoms with Crippen molar-refractivity contribution in [3.8, 4) is 16.8 Å². The van der Waals surface area contributed by atoms with Crippen LogP contribution in [0.3, 0.4) is 0 Å². The Kier molecular flexibility index (Phi) is 7.06. The summed E-state index contributed by atoms with van der Waals surface area (Å²) < 4.78 is 2.41. The van der Waals surface area contributed by atoms with Crippen molar-refractivity contribution in [1.29, 1.82) is 0 Å². The molecule has 1 atom stereocenters. The van der Waals surface area contributed by atoms with Crippen LogP contribution >= 0.6 is 0 Å². The van der Waals surface area contributed by atoms with E-state index >= 15 is 0 Å². The second-order valence-electron chi connectivity index (χ2n) is 12.8. The molecule has 6 aromatic carbocycles. The van der Waals surface area contributed by atoms with Gasteiger partial charge < -0.3 is 9.47 Å². The van der Waals surface area contributed by atoms with Crippen LogP contribution in [0, 0.1) is 12.3 Å². The predicted octanol–water partition coefficient (Wildman–Crippen LogP) is 11.7. The molecule has 7 rings (SSSR count). The van der Waals surface area contributed by atoms with Crippen molar-refractivity contribution < 1.29 is 0 Å². The van der Waals surface area contributed by atoms with E-state index in [-0.39, 0.29) is 11.5 Å². The first-order valence-electron chi connectivity index (χ1n) is 15.5. The third-order valence-electron chi connectivity index (χ3n) is 8.76. The van der Waals surface area contributed by atoms with E-state index in [4.69, 9.17) is 0 Å². The van der Waals surface area contributed by atoms with Crippen molar-refractivity contribution in [2.45, 2.75) is 33.7 Å². The molecule has 0 aliphatic heterocycles. The lowest BCUT2D eigenvalue weighted by atomic mass is 9.79. The Labute approximate surface area is 260 Å². The molecule has 0 aliphatic rings. The molecule has 0 radical (unpaired) electrons. The minimum atomic E-state index is -0.0863. The molecular weight excluding hydrogens is 532 g/mol. The maximum atomic E-state index is 2.59. The van der Waals surface area contributed by atoms with Gasteiger partial charge in [-0.15, -0.1) is 0 Å². The minimum Gasteiger partial charge on any atom is -0.333 e. The molecule has 7 aromatic rings. The normalized spacial score (nSPS) is 12.5. The maximum absolute atomic E-state index is 2.59. The van der Waals surface area contributed by atoms with E-state index in [1.54, 1.807) is 0 Å². The van der Waals surface area contributed by atoms with Crippen LogP contribution < -0.4 is 4.90 Å². The summed E-state index contributed by atoms with van der Waals surface area (Å²) in [7, 11) is 0. The molecule has 0 aliphatic carbocycles. The number of anilines is 2. The predicted molar refractivity (Wildman–Crippen MR) is 188 cm³/mol. The summed E-state index contributed by atoms with van der Waals surface area (Å²) >= 11 is 0. The van der Waals surface area contributed by atoms with E-state index in [1.165, 1.54) is 61.1 Å². The molecule has 0 saturated carbocycles. The van der Waals surface area contributed by atoms with E-state index in [2.05, 4.69) is 189 Å². The fourth-order valence-electron chi connectivity index (χ4n) is 6.82. The molecule has 0 N–H and O–H groups in total. The van der Waals surface area contributed by atoms with Crippen LogP contribution in [0.15, 0.2) is 152 Å². The Hall–Kier alpha value is -5.08. The lowest BCUT2D eigenvalue weighted by Gasteiger charge is -2.43. The van der Waals surface area contributed by atoms with Crippen molar-refractivity contribution in [2.24, 2.45) is 5.41 Å². The topological polar surface area (TPSA) is 8.17 Å². The fourth-order valence-corrected chi connectivity index (χ4v) is 6.82. The summed E-state index contributed by atoms with van der Waals surface area (Å²) in [6, 6.07) is 55.1. The number of para-hydroxylation sites is 3. The van der Waals surface area contributed by atoms with E-state index < -0.39 is 0 Å². The first kappa shape index (κ1) is 27.7. The van der Waals surface area contributed by atoms with Gasteiger partial charge in [0.2, 0.25) is 0 Å². The molecule has 0 saturated heterocycles. The van der Waals surface area contributed by atoms with Crippen LogP contribution in [0.25, 0.3) is 38.6 Å². The summed E-state index contributed by atoms with van der Waals surface area (Å²) in [5.41, 5.74) is 10.9. The average Bonchev–Trinajstić information content (AvgIpc) is 3.38. The van der Waals surface area contributed by atoms with Gasteiger partial charge in [-0.05, 0) is 65.4 Å². The Morgan fingerprint density at radius 2 is 1.18 bits per heavy atom. The molecule has 2 nitrogen and oxygen atoms in total. The number of fused-ring (bicyclic) bond motifs is 3. The molecule has 0 amide bonds. The lowest BCUT2D eigenvalue weighted by Crippen LogP contribution is -2.34. The fraction of sp³-hybridized carbons (Fsp3) is 0.143. The third kappa shape index (κ3) is 4.87. The highest BCUT2D eigenvalue weighted by Gasteiger charge is 2.35. The molecule has 0 bridgehead atoms. The second-order valence-corrected chi connectivity index (χ2v) is 12.8. The molecule has 216 valence electrons. The summed E-state index contributed by atoms with van der Waals surface area (Å²) in [5, 5.41) is 2.52. The van der Waals surface area contributed by atoms with Gasteiger partial charge in [0, 0.05) is 33.4 Å². The van der Waals surface area contributed by atoms with Gasteiger partial charge in [-0.2, -0.15) is 0 Å². The van der Waals surface area contributed by atoms with Crippen LogP contribution in [-0.4, -0.2) is 4.57 Å². The number of hydrogen-bond acceptors (Lipinski definition) is 1. The zero-order chi connectivity index (χ0) is 30.3. The van der Waals surface area contributed by atoms with Crippen LogP contribution in [0.2, 0.25) is 0 Å². The molecule has 1 aromatic heterocycles. The van der Waals surface area contributed by atoms with Crippen molar-refractivity contribution >= 4 is 33.2 Å². The lowest BCUT2D eigenvalue weighted by molar-refractivity contribution is 0.323. The zero-order valence-electron chi connectivity index (χ0n) is 25.9. The van der Waals surface area contributed by atoms with Crippen LogP contribution in [0.4, 0.5) is 11.4 Å². The van der Waals surface area contributed by atoms with Gasteiger partial charge in [0.1, 0.15) is 0 Å². The third-order valence-corrected chi connectivity index (χ3v) is 8.76. The van der Waals surface area contributed by atoms with Gasteiger partial charge in [0.25, 0.3) is 0 Å². The number of rotatable bonds is 6. The molecule has 1 heterocycles. The van der Waals surface area contributed by atoms with E-state index in [0.29, 0.717) is 0 Å². The highest BCUT2D eigenvalue weighted by molar-refractivity contribution is 6.10. The molecule has 0 spiro atoms. The number of benzene rings is 6. The number of aromatic nitrogens is 1. The highest BCUT2D eigenvalue weighted by Crippen LogP contribution is 2.49. The molecule has 2 heteroatoms. The highest BCUT2D eigenvalue weighted by atomic mass is 15.2. The van der Waals surface area contributed by atoms with Crippen molar-refractivity contribution in [3.63, 3.8) is 0 Å². The average molecular weight is 571 g/mol. The summed E-state index contributed by atoms with van der Waals surface area (Å²) in [5.74, 6) is 0. The quantitative estimate of drug-likeness (QED) is 0.193. The van der Waals surface area contributed by atoms with Crippen LogP contribution in [0.5, 0.6) is 0 Å². The minimum absolute atomic E-state index is 0.0700. The first-order valence-corrected chi connectivity index (χ1v) is 15.5. The monoisotopic (exact) mass is 570 g/mol. The summed E-state index contributed by atoms with van der Waals surface area (Å²) in [6.45, 7) is 9.33. The Morgan fingerprint density at radius 1 is 0.568 bits per heavy atom. The number of hydrogen-bond donors (Lipinski definition) is 0. The van der Waals surface area contributed by atoms with Crippen molar-refractivity contribution in [2.75, 3.05) is 4.90 Å². The van der Waals surface area contributed by atoms with E-state index in [9.17, 15) is 0 Å². The Bertz CT molecular complexity index is 2060. The smallest absolute Gasteiger partial charge is 0.0642 e. The summed E-state index contributed by atoms with van der Waals surface area (Å²) in [6.07, 6.45) is 0. The largest absolute Gasteiger partial charge is 0.333 e. The maximum Gasteiger partial charge on any atom is 0.0642 e. The number of aryl methyl sites for hydroxylation is 1. The SMILES string of the molecule is Cc1ccccc1C(N(c1ccc2c3ccccc3n(-c3ccccc3)c2c1)c1ccccc1-c1ccccc1)C(C)(C)C. The number of nitrogens with zero attached hydrogens (tertiary/aromatic N) is 2. The molecular formula is C42H38N2. The van der Waals surface area contributed by atoms with Gasteiger partial charge in [0.05, 0.1) is 17.1 Å². The van der Waals surface area contributed by atoms with E-state index in [0.717, 1.165) is 0 Å². The van der Waals surface area contributed by atoms with Crippen LogP contribution in [-0.2, 0) is 0 Å². The first-order chi connectivity index (χ1) is 21.4. The Balaban J connectivity index is 1.56. The molecule has 44 heavy (non-hydrogen) atoms. The van der Waals surface area contributed by atoms with Gasteiger partial charge in [-0.3, -0.25) is 0 Å². The van der Waals surface area contributed by atoms with Gasteiger partial charge in [0.15, 0.2) is 0 Å². The molecule has 0 fully saturated rings. The van der Waals surface area contributed by atoms with Crippen molar-refractivity contribution in [1.82, 2.24) is 4.57 Å². The second kappa shape index (κ2) is 11.2. The van der Waals surface area contributed by atoms with Gasteiger partial charge in [-0.1, -0.05) is 136 Å². The standard InChI is InChI=1S/C42H38N2/c1-30-17-11-12-22-34(30)41(42(2,3)4)44(38-25-15-13-23-35(38)31-18-7-5-8-19-31)33-27-28-37-36-24-14-16-26-39(36)43(40(37)29-33)32-20-9-6-10-21-32/h5-29,41H,1-4H3.